The van der Waals surface area contributed by atoms with Gasteiger partial charge in [-0.15, -0.1) is 0 Å². The molecule has 4 fully saturated rings. The van der Waals surface area contributed by atoms with E-state index in [0.717, 1.165) is 30.7 Å². The number of nitrogens with zero attached hydrogens (tertiary/aromatic N) is 1. The minimum absolute atomic E-state index is 0.0222. The summed E-state index contributed by atoms with van der Waals surface area (Å²) in [4.78, 5) is 26.8. The van der Waals surface area contributed by atoms with Crippen LogP contribution in [0.3, 0.4) is 0 Å². The third-order valence-corrected chi connectivity index (χ3v) is 7.12. The zero-order valence-electron chi connectivity index (χ0n) is 14.7. The predicted molar refractivity (Wildman–Crippen MR) is 90.2 cm³/mol. The van der Waals surface area contributed by atoms with Gasteiger partial charge in [0.15, 0.2) is 0 Å². The van der Waals surface area contributed by atoms with Gasteiger partial charge in [-0.2, -0.15) is 0 Å². The molecular weight excluding hydrogens is 304 g/mol. The lowest BCUT2D eigenvalue weighted by Crippen LogP contribution is -2.52. The molecule has 0 unspecified atom stereocenters. The Hall–Kier alpha value is -1.10. The number of amides is 2. The number of ether oxygens (including phenoxy) is 1. The Bertz CT molecular complexity index is 509. The molecule has 3 saturated carbocycles. The number of nitrogens with one attached hydrogen (secondary N) is 1. The molecule has 5 heteroatoms. The lowest BCUT2D eigenvalue weighted by molar-refractivity contribution is -0.138. The minimum Gasteiger partial charge on any atom is -0.385 e. The summed E-state index contributed by atoms with van der Waals surface area (Å²) in [5, 5.41) is 2.88. The predicted octanol–water partition coefficient (Wildman–Crippen LogP) is 1.95. The van der Waals surface area contributed by atoms with E-state index >= 15 is 0 Å². The van der Waals surface area contributed by atoms with E-state index in [1.807, 2.05) is 0 Å². The Kier molecular flexibility index (Phi) is 4.54. The molecule has 3 aliphatic carbocycles. The summed E-state index contributed by atoms with van der Waals surface area (Å²) in [5.41, 5.74) is 0. The molecular formula is C19H30N2O3. The third kappa shape index (κ3) is 2.75. The molecule has 2 amide bonds. The molecule has 4 aliphatic rings. The van der Waals surface area contributed by atoms with E-state index < -0.39 is 0 Å². The van der Waals surface area contributed by atoms with Gasteiger partial charge in [-0.25, -0.2) is 0 Å². The molecule has 0 aromatic rings. The Morgan fingerprint density at radius 3 is 2.79 bits per heavy atom. The molecule has 0 aromatic heterocycles. The lowest BCUT2D eigenvalue weighted by Gasteiger charge is -2.40. The number of carbonyl (C=O) groups excluding carboxylic acids is 2. The summed E-state index contributed by atoms with van der Waals surface area (Å²) in [6.45, 7) is 1.46. The summed E-state index contributed by atoms with van der Waals surface area (Å²) < 4.78 is 5.20. The summed E-state index contributed by atoms with van der Waals surface area (Å²) in [5.74, 6) is 3.51. The van der Waals surface area contributed by atoms with Crippen LogP contribution in [0.4, 0.5) is 0 Å². The number of hydrogen-bond acceptors (Lipinski definition) is 3. The quantitative estimate of drug-likeness (QED) is 0.756. The van der Waals surface area contributed by atoms with Crippen LogP contribution in [0, 0.1) is 23.7 Å². The van der Waals surface area contributed by atoms with Crippen molar-refractivity contribution in [3.63, 3.8) is 0 Å². The monoisotopic (exact) mass is 334 g/mol. The van der Waals surface area contributed by atoms with Crippen LogP contribution in [0.5, 0.6) is 0 Å². The highest BCUT2D eigenvalue weighted by Crippen LogP contribution is 2.59. The molecule has 1 saturated heterocycles. The van der Waals surface area contributed by atoms with Crippen LogP contribution in [0.1, 0.15) is 51.4 Å². The number of hydrogen-bond donors (Lipinski definition) is 1. The van der Waals surface area contributed by atoms with Crippen LogP contribution in [-0.2, 0) is 14.3 Å². The van der Waals surface area contributed by atoms with Gasteiger partial charge in [0.05, 0.1) is 0 Å². The van der Waals surface area contributed by atoms with E-state index in [0.29, 0.717) is 31.4 Å². The first-order valence-corrected chi connectivity index (χ1v) is 9.78. The number of fused-ring (bicyclic) bond motifs is 5. The van der Waals surface area contributed by atoms with Crippen LogP contribution in [0.15, 0.2) is 0 Å². The maximum absolute atomic E-state index is 13.1. The highest BCUT2D eigenvalue weighted by atomic mass is 16.5. The van der Waals surface area contributed by atoms with Crippen molar-refractivity contribution in [3.05, 3.63) is 0 Å². The van der Waals surface area contributed by atoms with Crippen molar-refractivity contribution in [2.75, 3.05) is 20.3 Å². The molecule has 134 valence electrons. The van der Waals surface area contributed by atoms with E-state index in [1.54, 1.807) is 7.11 Å². The van der Waals surface area contributed by atoms with Gasteiger partial charge >= 0.3 is 0 Å². The Morgan fingerprint density at radius 2 is 2.04 bits per heavy atom. The smallest absolute Gasteiger partial charge is 0.245 e. The van der Waals surface area contributed by atoms with E-state index in [2.05, 4.69) is 10.2 Å². The van der Waals surface area contributed by atoms with Gasteiger partial charge in [0.2, 0.25) is 11.8 Å². The van der Waals surface area contributed by atoms with E-state index in [9.17, 15) is 9.59 Å². The van der Waals surface area contributed by atoms with Gasteiger partial charge in [-0.1, -0.05) is 6.42 Å². The fourth-order valence-electron chi connectivity index (χ4n) is 6.21. The summed E-state index contributed by atoms with van der Waals surface area (Å²) in [7, 11) is 1.71. The zero-order chi connectivity index (χ0) is 16.7. The van der Waals surface area contributed by atoms with Gasteiger partial charge in [0.1, 0.15) is 6.04 Å². The second-order valence-electron chi connectivity index (χ2n) is 8.26. The van der Waals surface area contributed by atoms with Crippen molar-refractivity contribution < 1.29 is 14.3 Å². The Labute approximate surface area is 144 Å². The second kappa shape index (κ2) is 6.66. The summed E-state index contributed by atoms with van der Waals surface area (Å²) in [6.07, 6.45) is 8.69. The molecule has 0 spiro atoms. The third-order valence-electron chi connectivity index (χ3n) is 7.12. The topological polar surface area (TPSA) is 58.6 Å². The Balaban J connectivity index is 1.48. The molecule has 24 heavy (non-hydrogen) atoms. The van der Waals surface area contributed by atoms with Crippen molar-refractivity contribution >= 4 is 11.8 Å². The van der Waals surface area contributed by atoms with Crippen molar-refractivity contribution in [2.45, 2.75) is 63.5 Å². The Morgan fingerprint density at radius 1 is 1.21 bits per heavy atom. The van der Waals surface area contributed by atoms with Crippen LogP contribution >= 0.6 is 0 Å². The van der Waals surface area contributed by atoms with E-state index in [1.165, 1.54) is 32.1 Å². The lowest BCUT2D eigenvalue weighted by atomic mass is 9.78. The maximum atomic E-state index is 13.1. The van der Waals surface area contributed by atoms with Gasteiger partial charge in [-0.3, -0.25) is 9.59 Å². The molecule has 4 rings (SSSR count). The van der Waals surface area contributed by atoms with Crippen LogP contribution in [0.2, 0.25) is 0 Å². The standard InChI is InChI=1S/C19H30N2O3/c1-24-9-3-8-21(19(23)16-6-7-18(22)20-16)17-11-12-10-15(17)14-5-2-4-13(12)14/h12-17H,2-11H2,1H3,(H,20,22)/t12-,13-,14-,15+,16+,17-/m1/s1. The second-order valence-corrected chi connectivity index (χ2v) is 8.26. The van der Waals surface area contributed by atoms with Crippen molar-refractivity contribution in [1.29, 1.82) is 0 Å². The first-order valence-electron chi connectivity index (χ1n) is 9.78. The number of rotatable bonds is 6. The highest BCUT2D eigenvalue weighted by molar-refractivity contribution is 5.91. The van der Waals surface area contributed by atoms with Gasteiger partial charge in [0.25, 0.3) is 0 Å². The molecule has 0 aromatic carbocycles. The van der Waals surface area contributed by atoms with Crippen LogP contribution in [0.25, 0.3) is 0 Å². The van der Waals surface area contributed by atoms with E-state index in [4.69, 9.17) is 4.74 Å². The molecule has 1 heterocycles. The van der Waals surface area contributed by atoms with Crippen molar-refractivity contribution in [3.8, 4) is 0 Å². The maximum Gasteiger partial charge on any atom is 0.245 e. The van der Waals surface area contributed by atoms with Crippen molar-refractivity contribution in [2.24, 2.45) is 23.7 Å². The summed E-state index contributed by atoms with van der Waals surface area (Å²) in [6, 6.07) is 0.106. The van der Waals surface area contributed by atoms with Crippen LogP contribution in [-0.4, -0.2) is 49.1 Å². The highest BCUT2D eigenvalue weighted by Gasteiger charge is 2.56. The molecule has 2 bridgehead atoms. The fraction of sp³-hybridized carbons (Fsp3) is 0.895. The molecule has 1 N–H and O–H groups in total. The number of carbonyl (C=O) groups is 2. The molecule has 6 atom stereocenters. The fourth-order valence-corrected chi connectivity index (χ4v) is 6.21. The van der Waals surface area contributed by atoms with E-state index in [-0.39, 0.29) is 17.9 Å². The number of methoxy groups -OCH3 is 1. The minimum atomic E-state index is -0.293. The SMILES string of the molecule is COCCCN(C(=O)[C@@H]1CCC(=O)N1)[C@@H]1C[C@H]2C[C@H]1[C@@H]1CCC[C@H]21. The first-order chi connectivity index (χ1) is 11.7. The van der Waals surface area contributed by atoms with Gasteiger partial charge < -0.3 is 15.0 Å². The first kappa shape index (κ1) is 16.4. The largest absolute Gasteiger partial charge is 0.385 e. The zero-order valence-corrected chi connectivity index (χ0v) is 14.7. The normalized spacial score (nSPS) is 40.0. The van der Waals surface area contributed by atoms with Crippen LogP contribution < -0.4 is 5.32 Å². The summed E-state index contributed by atoms with van der Waals surface area (Å²) >= 11 is 0. The van der Waals surface area contributed by atoms with Crippen molar-refractivity contribution in [1.82, 2.24) is 10.2 Å². The molecule has 1 aliphatic heterocycles. The molecule has 0 radical (unpaired) electrons. The molecule has 5 nitrogen and oxygen atoms in total. The van der Waals surface area contributed by atoms with Gasteiger partial charge in [0, 0.05) is 32.7 Å². The van der Waals surface area contributed by atoms with Gasteiger partial charge in [-0.05, 0) is 62.2 Å². The average molecular weight is 334 g/mol. The average Bonchev–Trinajstić information content (AvgIpc) is 3.31.